The summed E-state index contributed by atoms with van der Waals surface area (Å²) in [4.78, 5) is 35.1. The van der Waals surface area contributed by atoms with E-state index in [1.807, 2.05) is 24.3 Å². The number of hydrogen-bond acceptors (Lipinski definition) is 6. The van der Waals surface area contributed by atoms with Crippen LogP contribution >= 0.6 is 0 Å². The molecule has 2 fully saturated rings. The van der Waals surface area contributed by atoms with Gasteiger partial charge in [-0.1, -0.05) is 39.0 Å². The lowest BCUT2D eigenvalue weighted by Gasteiger charge is -2.42. The molecule has 36 heavy (non-hydrogen) atoms. The number of nitriles is 1. The Hall–Kier alpha value is -3.44. The van der Waals surface area contributed by atoms with Gasteiger partial charge in [0.05, 0.1) is 5.60 Å². The van der Waals surface area contributed by atoms with Crippen LogP contribution in [0.5, 0.6) is 0 Å². The summed E-state index contributed by atoms with van der Waals surface area (Å²) in [5, 5.41) is 22.8. The van der Waals surface area contributed by atoms with Gasteiger partial charge in [0, 0.05) is 36.2 Å². The number of aliphatic hydroxyl groups is 1. The highest BCUT2D eigenvalue weighted by Gasteiger charge is 2.43. The van der Waals surface area contributed by atoms with E-state index in [9.17, 15) is 20.0 Å². The molecule has 2 N–H and O–H groups in total. The first-order valence-electron chi connectivity index (χ1n) is 12.5. The molecule has 0 spiro atoms. The molecule has 4 rings (SSSR count). The first-order chi connectivity index (χ1) is 17.0. The Kier molecular flexibility index (Phi) is 7.05. The SMILES string of the molecule is CC1(O)CC(NC(=O)C(c2cccnc2)N(C(=O)[C@H]2CCCN2C#N)c2ccc(C(C)(C)C)cc2)C1. The zero-order valence-electron chi connectivity index (χ0n) is 21.4. The van der Waals surface area contributed by atoms with Crippen LogP contribution in [0.1, 0.15) is 70.5 Å². The van der Waals surface area contributed by atoms with Gasteiger partial charge in [-0.15, -0.1) is 0 Å². The first kappa shape index (κ1) is 25.6. The van der Waals surface area contributed by atoms with Crippen molar-refractivity contribution in [1.82, 2.24) is 15.2 Å². The molecular weight excluding hydrogens is 454 g/mol. The summed E-state index contributed by atoms with van der Waals surface area (Å²) >= 11 is 0. The average Bonchev–Trinajstić information content (AvgIpc) is 3.30. The quantitative estimate of drug-likeness (QED) is 0.602. The van der Waals surface area contributed by atoms with Crippen LogP contribution in [0.15, 0.2) is 48.8 Å². The molecule has 8 heteroatoms. The minimum atomic E-state index is -0.974. The van der Waals surface area contributed by atoms with Crippen molar-refractivity contribution in [3.63, 3.8) is 0 Å². The third kappa shape index (κ3) is 5.36. The van der Waals surface area contributed by atoms with Crippen molar-refractivity contribution in [2.75, 3.05) is 11.4 Å². The number of nitrogens with zero attached hydrogens (tertiary/aromatic N) is 4. The van der Waals surface area contributed by atoms with E-state index in [0.29, 0.717) is 37.1 Å². The molecule has 0 radical (unpaired) electrons. The van der Waals surface area contributed by atoms with E-state index in [-0.39, 0.29) is 23.3 Å². The number of anilines is 1. The van der Waals surface area contributed by atoms with E-state index in [1.54, 1.807) is 31.5 Å². The van der Waals surface area contributed by atoms with Crippen molar-refractivity contribution in [3.8, 4) is 6.19 Å². The molecule has 2 heterocycles. The molecule has 1 saturated carbocycles. The maximum absolute atomic E-state index is 14.1. The second-order valence-electron chi connectivity index (χ2n) is 11.3. The maximum atomic E-state index is 14.1. The molecular formula is C28H35N5O3. The number of carbonyl (C=O) groups excluding carboxylic acids is 2. The van der Waals surface area contributed by atoms with Crippen LogP contribution in [0.4, 0.5) is 5.69 Å². The molecule has 1 aromatic carbocycles. The van der Waals surface area contributed by atoms with Crippen molar-refractivity contribution < 1.29 is 14.7 Å². The van der Waals surface area contributed by atoms with E-state index < -0.39 is 17.7 Å². The van der Waals surface area contributed by atoms with Gasteiger partial charge in [0.25, 0.3) is 5.91 Å². The van der Waals surface area contributed by atoms with Crippen LogP contribution in [0.25, 0.3) is 0 Å². The Balaban J connectivity index is 1.76. The average molecular weight is 490 g/mol. The molecule has 1 saturated heterocycles. The standard InChI is InChI=1S/C28H35N5O3/c1-27(2,3)20-9-11-22(12-10-20)33(26(35)23-8-6-14-32(23)18-29)24(19-7-5-13-30-17-19)25(34)31-21-15-28(4,36)16-21/h5,7,9-13,17,21,23-24,36H,6,8,14-16H2,1-4H3,(H,31,34)/t21?,23-,24?,28?/m1/s1. The summed E-state index contributed by atoms with van der Waals surface area (Å²) in [6.07, 6.45) is 7.57. The second-order valence-corrected chi connectivity index (χ2v) is 11.3. The molecule has 2 atom stereocenters. The molecule has 190 valence electrons. The van der Waals surface area contributed by atoms with Gasteiger partial charge in [0.2, 0.25) is 5.91 Å². The Labute approximate surface area is 212 Å². The molecule has 2 amide bonds. The minimum Gasteiger partial charge on any atom is -0.390 e. The number of rotatable bonds is 6. The fourth-order valence-electron chi connectivity index (χ4n) is 5.17. The maximum Gasteiger partial charge on any atom is 0.251 e. The summed E-state index contributed by atoms with van der Waals surface area (Å²) in [7, 11) is 0. The van der Waals surface area contributed by atoms with Gasteiger partial charge in [0.1, 0.15) is 12.1 Å². The van der Waals surface area contributed by atoms with Crippen molar-refractivity contribution in [1.29, 1.82) is 5.26 Å². The lowest BCUT2D eigenvalue weighted by atomic mass is 9.77. The van der Waals surface area contributed by atoms with E-state index in [1.165, 1.54) is 9.80 Å². The zero-order valence-corrected chi connectivity index (χ0v) is 21.4. The second kappa shape index (κ2) is 9.90. The van der Waals surface area contributed by atoms with E-state index in [4.69, 9.17) is 0 Å². The monoisotopic (exact) mass is 489 g/mol. The van der Waals surface area contributed by atoms with Gasteiger partial charge in [-0.3, -0.25) is 24.4 Å². The van der Waals surface area contributed by atoms with Gasteiger partial charge in [-0.05, 0) is 61.8 Å². The third-order valence-corrected chi connectivity index (χ3v) is 7.14. The number of amides is 2. The normalized spacial score (nSPS) is 24.4. The van der Waals surface area contributed by atoms with Crippen LogP contribution in [-0.2, 0) is 15.0 Å². The van der Waals surface area contributed by atoms with Crippen molar-refractivity contribution in [2.24, 2.45) is 0 Å². The third-order valence-electron chi connectivity index (χ3n) is 7.14. The molecule has 1 aliphatic heterocycles. The van der Waals surface area contributed by atoms with Gasteiger partial charge >= 0.3 is 0 Å². The summed E-state index contributed by atoms with van der Waals surface area (Å²) in [5.41, 5.74) is 1.41. The highest BCUT2D eigenvalue weighted by atomic mass is 16.3. The topological polar surface area (TPSA) is 110 Å². The van der Waals surface area contributed by atoms with Crippen LogP contribution in [0.2, 0.25) is 0 Å². The van der Waals surface area contributed by atoms with Gasteiger partial charge in [0.15, 0.2) is 6.19 Å². The predicted molar refractivity (Wildman–Crippen MR) is 137 cm³/mol. The minimum absolute atomic E-state index is 0.0717. The summed E-state index contributed by atoms with van der Waals surface area (Å²) in [6.45, 7) is 8.62. The predicted octanol–water partition coefficient (Wildman–Crippen LogP) is 3.43. The van der Waals surface area contributed by atoms with Gasteiger partial charge in [-0.25, -0.2) is 0 Å². The Bertz CT molecular complexity index is 1130. The fraction of sp³-hybridized carbons (Fsp3) is 0.500. The Morgan fingerprint density at radius 1 is 1.25 bits per heavy atom. The molecule has 2 aromatic rings. The Morgan fingerprint density at radius 2 is 1.94 bits per heavy atom. The van der Waals surface area contributed by atoms with Crippen molar-refractivity contribution in [2.45, 2.75) is 82.5 Å². The highest BCUT2D eigenvalue weighted by Crippen LogP contribution is 2.35. The highest BCUT2D eigenvalue weighted by molar-refractivity contribution is 6.04. The summed E-state index contributed by atoms with van der Waals surface area (Å²) < 4.78 is 0. The number of nitrogens with one attached hydrogen (secondary N) is 1. The first-order valence-corrected chi connectivity index (χ1v) is 12.5. The Morgan fingerprint density at radius 3 is 2.50 bits per heavy atom. The molecule has 8 nitrogen and oxygen atoms in total. The molecule has 2 aliphatic rings. The molecule has 1 aliphatic carbocycles. The molecule has 0 bridgehead atoms. The van der Waals surface area contributed by atoms with Crippen LogP contribution in [0, 0.1) is 11.5 Å². The summed E-state index contributed by atoms with van der Waals surface area (Å²) in [6, 6.07) is 9.45. The lowest BCUT2D eigenvalue weighted by Crippen LogP contribution is -2.57. The van der Waals surface area contributed by atoms with Gasteiger partial charge < -0.3 is 10.4 Å². The molecule has 1 unspecified atom stereocenters. The van der Waals surface area contributed by atoms with Crippen LogP contribution in [-0.4, -0.2) is 51.0 Å². The number of benzene rings is 1. The number of pyridine rings is 1. The van der Waals surface area contributed by atoms with Crippen molar-refractivity contribution >= 4 is 17.5 Å². The largest absolute Gasteiger partial charge is 0.390 e. The lowest BCUT2D eigenvalue weighted by molar-refractivity contribution is -0.130. The number of aromatic nitrogens is 1. The molecule has 1 aromatic heterocycles. The zero-order chi connectivity index (χ0) is 26.1. The van der Waals surface area contributed by atoms with Crippen LogP contribution in [0.3, 0.4) is 0 Å². The van der Waals surface area contributed by atoms with Crippen LogP contribution < -0.4 is 10.2 Å². The smallest absolute Gasteiger partial charge is 0.251 e. The number of hydrogen-bond donors (Lipinski definition) is 2. The van der Waals surface area contributed by atoms with E-state index >= 15 is 0 Å². The van der Waals surface area contributed by atoms with Crippen molar-refractivity contribution in [3.05, 3.63) is 59.9 Å². The number of likely N-dealkylation sites (tertiary alicyclic amines) is 1. The summed E-state index contributed by atoms with van der Waals surface area (Å²) in [5.74, 6) is -0.625. The van der Waals surface area contributed by atoms with E-state index in [0.717, 1.165) is 12.0 Å². The number of carbonyl (C=O) groups is 2. The fourth-order valence-corrected chi connectivity index (χ4v) is 5.17. The van der Waals surface area contributed by atoms with E-state index in [2.05, 4.69) is 37.3 Å². The van der Waals surface area contributed by atoms with Gasteiger partial charge in [-0.2, -0.15) is 5.26 Å².